The molecule has 0 radical (unpaired) electrons. The third-order valence-electron chi connectivity index (χ3n) is 7.96. The van der Waals surface area contributed by atoms with Gasteiger partial charge in [0.05, 0.1) is 20.0 Å². The van der Waals surface area contributed by atoms with Gasteiger partial charge in [0.25, 0.3) is 5.56 Å². The molecule has 0 saturated carbocycles. The van der Waals surface area contributed by atoms with E-state index in [0.29, 0.717) is 5.75 Å². The van der Waals surface area contributed by atoms with Crippen molar-refractivity contribution in [2.45, 2.75) is 29.6 Å². The van der Waals surface area contributed by atoms with Crippen LogP contribution >= 0.6 is 0 Å². The number of aromatic nitrogens is 4. The third-order valence-corrected chi connectivity index (χ3v) is 7.96. The first-order valence-electron chi connectivity index (χ1n) is 13.6. The first kappa shape index (κ1) is 28.3. The predicted octanol–water partition coefficient (Wildman–Crippen LogP) is 3.68. The van der Waals surface area contributed by atoms with Crippen LogP contribution in [0.4, 0.5) is 10.3 Å². The Morgan fingerprint density at radius 2 is 1.70 bits per heavy atom. The molecule has 43 heavy (non-hydrogen) atoms. The zero-order valence-electron chi connectivity index (χ0n) is 23.2. The molecular weight excluding hydrogens is 553 g/mol. The zero-order valence-corrected chi connectivity index (χ0v) is 23.2. The van der Waals surface area contributed by atoms with Gasteiger partial charge in [-0.2, -0.15) is 4.98 Å². The number of alkyl halides is 1. The minimum atomic E-state index is -1.97. The average molecular weight is 584 g/mol. The van der Waals surface area contributed by atoms with Crippen LogP contribution in [0, 0.1) is 0 Å². The van der Waals surface area contributed by atoms with Crippen LogP contribution in [-0.4, -0.2) is 61.3 Å². The summed E-state index contributed by atoms with van der Waals surface area (Å²) >= 11 is 0. The van der Waals surface area contributed by atoms with Gasteiger partial charge in [0.1, 0.15) is 23.0 Å². The second kappa shape index (κ2) is 11.1. The van der Waals surface area contributed by atoms with E-state index in [0.717, 1.165) is 16.7 Å². The first-order valence-corrected chi connectivity index (χ1v) is 13.6. The van der Waals surface area contributed by atoms with Crippen molar-refractivity contribution >= 4 is 17.1 Å². The number of hydrogen-bond donors (Lipinski definition) is 4. The molecule has 4 N–H and O–H groups in total. The second-order valence-corrected chi connectivity index (χ2v) is 10.3. The number of ether oxygens (including phenoxy) is 2. The molecule has 0 spiro atoms. The van der Waals surface area contributed by atoms with E-state index in [9.17, 15) is 15.0 Å². The van der Waals surface area contributed by atoms with Gasteiger partial charge in [0.2, 0.25) is 5.95 Å². The van der Waals surface area contributed by atoms with Crippen molar-refractivity contribution in [2.75, 3.05) is 19.0 Å². The van der Waals surface area contributed by atoms with Crippen LogP contribution in [-0.2, 0) is 10.3 Å². The lowest BCUT2D eigenvalue weighted by Gasteiger charge is -2.37. The molecule has 1 saturated heterocycles. The largest absolute Gasteiger partial charge is 0.497 e. The van der Waals surface area contributed by atoms with Crippen LogP contribution in [0.1, 0.15) is 22.9 Å². The number of imidazole rings is 1. The van der Waals surface area contributed by atoms with Gasteiger partial charge in [-0.25, -0.2) is 9.37 Å². The summed E-state index contributed by atoms with van der Waals surface area (Å²) in [6.45, 7) is 2.90. The highest BCUT2D eigenvalue weighted by atomic mass is 19.1. The molecule has 4 atom stereocenters. The molecule has 3 aromatic carbocycles. The molecule has 1 fully saturated rings. The van der Waals surface area contributed by atoms with E-state index in [2.05, 4.69) is 26.8 Å². The molecule has 0 unspecified atom stereocenters. The zero-order chi connectivity index (χ0) is 30.2. The lowest BCUT2D eigenvalue weighted by Crippen LogP contribution is -2.43. The number of H-pyrrole nitrogens is 1. The number of nitrogens with one attached hydrogen (secondary N) is 2. The summed E-state index contributed by atoms with van der Waals surface area (Å²) in [7, 11) is 1.59. The van der Waals surface area contributed by atoms with Crippen LogP contribution in [0.15, 0.2) is 109 Å². The molecule has 10 nitrogen and oxygen atoms in total. The highest BCUT2D eigenvalue weighted by Crippen LogP contribution is 2.42. The van der Waals surface area contributed by atoms with Crippen molar-refractivity contribution in [1.82, 2.24) is 19.5 Å². The lowest BCUT2D eigenvalue weighted by atomic mass is 9.77. The summed E-state index contributed by atoms with van der Waals surface area (Å²) in [5.74, 6) is 0.752. The summed E-state index contributed by atoms with van der Waals surface area (Å²) in [6.07, 6.45) is -2.70. The Labute approximate surface area is 246 Å². The van der Waals surface area contributed by atoms with Crippen LogP contribution < -0.4 is 15.6 Å². The normalized spacial score (nSPS) is 22.0. The number of rotatable bonds is 9. The van der Waals surface area contributed by atoms with E-state index < -0.39 is 41.8 Å². The van der Waals surface area contributed by atoms with Crippen LogP contribution in [0.25, 0.3) is 11.2 Å². The smallest absolute Gasteiger partial charge is 0.280 e. The molecular formula is C32H30FN5O5. The van der Waals surface area contributed by atoms with Crippen LogP contribution in [0.2, 0.25) is 0 Å². The minimum Gasteiger partial charge on any atom is -0.497 e. The number of anilines is 1. The quantitative estimate of drug-likeness (QED) is 0.153. The number of aliphatic hydroxyl groups excluding tert-OH is 2. The van der Waals surface area contributed by atoms with Crippen molar-refractivity contribution in [3.05, 3.63) is 131 Å². The first-order chi connectivity index (χ1) is 20.9. The second-order valence-electron chi connectivity index (χ2n) is 10.3. The van der Waals surface area contributed by atoms with E-state index in [1.807, 2.05) is 84.9 Å². The molecule has 1 aliphatic rings. The Hall–Kier alpha value is -4.84. The number of hydrogen-bond acceptors (Lipinski definition) is 8. The maximum absolute atomic E-state index is 15.4. The highest BCUT2D eigenvalue weighted by Gasteiger charge is 2.54. The number of nitrogens with zero attached hydrogens (tertiary/aromatic N) is 3. The third kappa shape index (κ3) is 4.58. The molecule has 0 bridgehead atoms. The lowest BCUT2D eigenvalue weighted by molar-refractivity contribution is -0.0960. The average Bonchev–Trinajstić information content (AvgIpc) is 3.59. The van der Waals surface area contributed by atoms with Gasteiger partial charge in [0, 0.05) is 0 Å². The van der Waals surface area contributed by atoms with Crippen LogP contribution in [0.5, 0.6) is 5.75 Å². The van der Waals surface area contributed by atoms with Crippen LogP contribution in [0.3, 0.4) is 0 Å². The molecule has 6 rings (SSSR count). The van der Waals surface area contributed by atoms with Crippen molar-refractivity contribution < 1.29 is 24.1 Å². The van der Waals surface area contributed by atoms with Crippen molar-refractivity contribution in [2.24, 2.45) is 0 Å². The van der Waals surface area contributed by atoms with Gasteiger partial charge in [0.15, 0.2) is 23.6 Å². The fourth-order valence-electron chi connectivity index (χ4n) is 5.64. The fourth-order valence-corrected chi connectivity index (χ4v) is 5.64. The van der Waals surface area contributed by atoms with Gasteiger partial charge in [-0.1, -0.05) is 78.9 Å². The van der Waals surface area contributed by atoms with E-state index in [4.69, 9.17) is 9.47 Å². The molecule has 5 aromatic rings. The van der Waals surface area contributed by atoms with Gasteiger partial charge in [-0.3, -0.25) is 14.3 Å². The highest BCUT2D eigenvalue weighted by molar-refractivity contribution is 5.71. The fraction of sp³-hybridized carbons (Fsp3) is 0.219. The Morgan fingerprint density at radius 1 is 1.09 bits per heavy atom. The monoisotopic (exact) mass is 583 g/mol. The van der Waals surface area contributed by atoms with Gasteiger partial charge in [-0.15, -0.1) is 6.58 Å². The molecule has 0 aliphatic carbocycles. The summed E-state index contributed by atoms with van der Waals surface area (Å²) in [5, 5.41) is 23.9. The Kier molecular flexibility index (Phi) is 7.30. The summed E-state index contributed by atoms with van der Waals surface area (Å²) in [6, 6.07) is 26.9. The molecule has 3 heterocycles. The van der Waals surface area contributed by atoms with Gasteiger partial charge >= 0.3 is 0 Å². The topological polar surface area (TPSA) is 135 Å². The number of benzene rings is 3. The Morgan fingerprint density at radius 3 is 2.23 bits per heavy atom. The van der Waals surface area contributed by atoms with E-state index in [1.54, 1.807) is 7.11 Å². The van der Waals surface area contributed by atoms with E-state index >= 15 is 4.39 Å². The summed E-state index contributed by atoms with van der Waals surface area (Å²) < 4.78 is 27.8. The maximum Gasteiger partial charge on any atom is 0.280 e. The minimum absolute atomic E-state index is 0.0219. The maximum atomic E-state index is 15.4. The number of aliphatic hydroxyl groups is 2. The van der Waals surface area contributed by atoms with Crippen molar-refractivity contribution in [3.63, 3.8) is 0 Å². The standard InChI is InChI=1S/C32H30FN5O5/c1-3-31(18-39)26(40)24(33)29(43-31)38-19-34-25-27(38)35-30(36-28(25)41)37-32(20-10-6-4-7-11-20,21-12-8-5-9-13-21)22-14-16-23(42-2)17-15-22/h3-17,19,24,26,29,39-40H,1,18H2,2H3,(H2,35,36,37,41)/t24-,26+,29-,31-/m1/s1. The van der Waals surface area contributed by atoms with Gasteiger partial charge in [-0.05, 0) is 28.8 Å². The number of methoxy groups -OCH3 is 1. The van der Waals surface area contributed by atoms with E-state index in [1.165, 1.54) is 17.0 Å². The molecule has 0 amide bonds. The number of halogens is 1. The van der Waals surface area contributed by atoms with Gasteiger partial charge < -0.3 is 25.0 Å². The van der Waals surface area contributed by atoms with Crippen molar-refractivity contribution in [3.8, 4) is 5.75 Å². The number of aromatic amines is 1. The summed E-state index contributed by atoms with van der Waals surface area (Å²) in [5.41, 5.74) is -0.846. The molecule has 220 valence electrons. The predicted molar refractivity (Wildman–Crippen MR) is 159 cm³/mol. The number of fused-ring (bicyclic) bond motifs is 1. The molecule has 11 heteroatoms. The SMILES string of the molecule is C=C[C@]1(CO)O[C@@H](n2cnc3c(=O)[nH]c(NC(c4ccccc4)(c4ccccc4)c4ccc(OC)cc4)nc32)[C@H](F)[C@@H]1O. The Bertz CT molecular complexity index is 1760. The Balaban J connectivity index is 1.54. The molecule has 1 aliphatic heterocycles. The van der Waals surface area contributed by atoms with Crippen molar-refractivity contribution in [1.29, 1.82) is 0 Å². The summed E-state index contributed by atoms with van der Waals surface area (Å²) in [4.78, 5) is 24.9. The molecule has 2 aromatic heterocycles. The van der Waals surface area contributed by atoms with E-state index in [-0.39, 0.29) is 17.1 Å².